The third-order valence-electron chi connectivity index (χ3n) is 2.66. The third kappa shape index (κ3) is 5.64. The van der Waals surface area contributed by atoms with Gasteiger partial charge in [-0.2, -0.15) is 0 Å². The maximum absolute atomic E-state index is 11.4. The fourth-order valence-electron chi connectivity index (χ4n) is 1.68. The van der Waals surface area contributed by atoms with Crippen LogP contribution >= 0.6 is 0 Å². The van der Waals surface area contributed by atoms with Gasteiger partial charge >= 0.3 is 0 Å². The Morgan fingerprint density at radius 3 is 2.74 bits per heavy atom. The Morgan fingerprint density at radius 2 is 2.16 bits per heavy atom. The Balaban J connectivity index is 2.54. The first-order chi connectivity index (χ1) is 9.02. The molecule has 0 aliphatic rings. The van der Waals surface area contributed by atoms with Crippen molar-refractivity contribution in [1.29, 1.82) is 0 Å². The average molecular weight is 264 g/mol. The Kier molecular flexibility index (Phi) is 6.19. The van der Waals surface area contributed by atoms with Crippen molar-refractivity contribution < 1.29 is 9.53 Å². The Morgan fingerprint density at radius 1 is 1.42 bits per heavy atom. The van der Waals surface area contributed by atoms with Crippen molar-refractivity contribution in [2.75, 3.05) is 18.9 Å². The van der Waals surface area contributed by atoms with E-state index in [0.29, 0.717) is 37.6 Å². The van der Waals surface area contributed by atoms with E-state index in [9.17, 15) is 4.79 Å². The van der Waals surface area contributed by atoms with Crippen molar-refractivity contribution in [2.45, 2.75) is 33.6 Å². The van der Waals surface area contributed by atoms with Crippen LogP contribution in [0.25, 0.3) is 0 Å². The van der Waals surface area contributed by atoms with Gasteiger partial charge in [-0.05, 0) is 37.0 Å². The minimum atomic E-state index is 0.0706. The van der Waals surface area contributed by atoms with Gasteiger partial charge in [0.1, 0.15) is 5.75 Å². The lowest BCUT2D eigenvalue weighted by atomic mass is 10.1. The molecule has 106 valence electrons. The number of ether oxygens (including phenoxy) is 1. The summed E-state index contributed by atoms with van der Waals surface area (Å²) in [4.78, 5) is 11.4. The molecule has 0 aromatic heterocycles. The monoisotopic (exact) mass is 264 g/mol. The lowest BCUT2D eigenvalue weighted by molar-refractivity contribution is -0.120. The zero-order valence-electron chi connectivity index (χ0n) is 12.0. The van der Waals surface area contributed by atoms with Crippen molar-refractivity contribution in [3.8, 4) is 5.75 Å². The summed E-state index contributed by atoms with van der Waals surface area (Å²) in [7, 11) is 0. The minimum Gasteiger partial charge on any atom is -0.491 e. The van der Waals surface area contributed by atoms with Crippen LogP contribution in [0.5, 0.6) is 5.75 Å². The summed E-state index contributed by atoms with van der Waals surface area (Å²) in [6, 6.07) is 5.73. The maximum Gasteiger partial charge on any atom is 0.220 e. The minimum absolute atomic E-state index is 0.0706. The van der Waals surface area contributed by atoms with E-state index >= 15 is 0 Å². The highest BCUT2D eigenvalue weighted by molar-refractivity contribution is 5.76. The number of benzene rings is 1. The third-order valence-corrected chi connectivity index (χ3v) is 2.66. The van der Waals surface area contributed by atoms with Gasteiger partial charge < -0.3 is 15.8 Å². The van der Waals surface area contributed by atoms with E-state index < -0.39 is 0 Å². The van der Waals surface area contributed by atoms with Crippen LogP contribution < -0.4 is 15.8 Å². The van der Waals surface area contributed by atoms with E-state index in [4.69, 9.17) is 10.5 Å². The van der Waals surface area contributed by atoms with Gasteiger partial charge in [0.15, 0.2) is 0 Å². The van der Waals surface area contributed by atoms with Gasteiger partial charge in [0, 0.05) is 13.0 Å². The van der Waals surface area contributed by atoms with Gasteiger partial charge in [-0.1, -0.05) is 19.9 Å². The predicted octanol–water partition coefficient (Wildman–Crippen LogP) is 2.37. The number of hydrogen-bond acceptors (Lipinski definition) is 3. The van der Waals surface area contributed by atoms with Crippen LogP contribution in [0.1, 0.15) is 32.8 Å². The summed E-state index contributed by atoms with van der Waals surface area (Å²) in [6.07, 6.45) is 1.18. The smallest absolute Gasteiger partial charge is 0.220 e. The summed E-state index contributed by atoms with van der Waals surface area (Å²) in [5.41, 5.74) is 7.64. The molecule has 0 bridgehead atoms. The molecule has 1 aromatic rings. The Bertz CT molecular complexity index is 417. The highest BCUT2D eigenvalue weighted by Gasteiger charge is 2.05. The highest BCUT2D eigenvalue weighted by atomic mass is 16.5. The molecule has 0 saturated heterocycles. The van der Waals surface area contributed by atoms with Crippen LogP contribution in [0, 0.1) is 5.92 Å². The number of aryl methyl sites for hydroxylation is 1. The fraction of sp³-hybridized carbons (Fsp3) is 0.533. The molecule has 0 aliphatic heterocycles. The SMILES string of the molecule is CCNC(=O)CCc1ccc(OCC(C)C)c(N)c1. The number of nitrogens with one attached hydrogen (secondary N) is 1. The second-order valence-electron chi connectivity index (χ2n) is 5.03. The Labute approximate surface area is 115 Å². The lowest BCUT2D eigenvalue weighted by Crippen LogP contribution is -2.22. The molecule has 19 heavy (non-hydrogen) atoms. The van der Waals surface area contributed by atoms with Crippen molar-refractivity contribution in [3.05, 3.63) is 23.8 Å². The zero-order valence-corrected chi connectivity index (χ0v) is 12.0. The van der Waals surface area contributed by atoms with E-state index in [2.05, 4.69) is 19.2 Å². The summed E-state index contributed by atoms with van der Waals surface area (Å²) in [5.74, 6) is 1.26. The molecule has 3 N–H and O–H groups in total. The average Bonchev–Trinajstić information content (AvgIpc) is 2.35. The van der Waals surface area contributed by atoms with Crippen LogP contribution in [0.4, 0.5) is 5.69 Å². The van der Waals surface area contributed by atoms with Crippen LogP contribution in [-0.2, 0) is 11.2 Å². The van der Waals surface area contributed by atoms with Crippen LogP contribution in [0.3, 0.4) is 0 Å². The summed E-state index contributed by atoms with van der Waals surface area (Å²) >= 11 is 0. The molecular formula is C15H24N2O2. The van der Waals surface area contributed by atoms with Crippen LogP contribution in [0.15, 0.2) is 18.2 Å². The van der Waals surface area contributed by atoms with Crippen molar-refractivity contribution in [2.24, 2.45) is 5.92 Å². The molecule has 0 saturated carbocycles. The quantitative estimate of drug-likeness (QED) is 0.743. The number of amides is 1. The summed E-state index contributed by atoms with van der Waals surface area (Å²) < 4.78 is 5.61. The van der Waals surface area contributed by atoms with E-state index in [1.165, 1.54) is 0 Å². The normalized spacial score (nSPS) is 10.5. The number of carbonyl (C=O) groups excluding carboxylic acids is 1. The Hall–Kier alpha value is -1.71. The molecule has 1 amide bonds. The molecule has 4 nitrogen and oxygen atoms in total. The van der Waals surface area contributed by atoms with Crippen molar-refractivity contribution in [3.63, 3.8) is 0 Å². The molecule has 0 heterocycles. The summed E-state index contributed by atoms with van der Waals surface area (Å²) in [5, 5.41) is 2.78. The van der Waals surface area contributed by atoms with Crippen molar-refractivity contribution in [1.82, 2.24) is 5.32 Å². The van der Waals surface area contributed by atoms with Crippen LogP contribution in [0.2, 0.25) is 0 Å². The lowest BCUT2D eigenvalue weighted by Gasteiger charge is -2.12. The van der Waals surface area contributed by atoms with E-state index in [-0.39, 0.29) is 5.91 Å². The first-order valence-corrected chi connectivity index (χ1v) is 6.80. The first-order valence-electron chi connectivity index (χ1n) is 6.80. The van der Waals surface area contributed by atoms with E-state index in [1.807, 2.05) is 25.1 Å². The van der Waals surface area contributed by atoms with Gasteiger partial charge in [-0.3, -0.25) is 4.79 Å². The van der Waals surface area contributed by atoms with E-state index in [1.54, 1.807) is 0 Å². The van der Waals surface area contributed by atoms with Gasteiger partial charge in [0.2, 0.25) is 5.91 Å². The molecule has 0 atom stereocenters. The molecule has 0 radical (unpaired) electrons. The molecule has 0 spiro atoms. The number of hydrogen-bond donors (Lipinski definition) is 2. The number of nitrogens with two attached hydrogens (primary N) is 1. The first kappa shape index (κ1) is 15.3. The van der Waals surface area contributed by atoms with Crippen molar-refractivity contribution >= 4 is 11.6 Å². The zero-order chi connectivity index (χ0) is 14.3. The van der Waals surface area contributed by atoms with Gasteiger partial charge in [-0.25, -0.2) is 0 Å². The van der Waals surface area contributed by atoms with Gasteiger partial charge in [-0.15, -0.1) is 0 Å². The van der Waals surface area contributed by atoms with E-state index in [0.717, 1.165) is 11.3 Å². The predicted molar refractivity (Wildman–Crippen MR) is 78.2 cm³/mol. The molecule has 4 heteroatoms. The number of anilines is 1. The highest BCUT2D eigenvalue weighted by Crippen LogP contribution is 2.23. The maximum atomic E-state index is 11.4. The fourth-order valence-corrected chi connectivity index (χ4v) is 1.68. The standard InChI is InChI=1S/C15H24N2O2/c1-4-17-15(18)8-6-12-5-7-14(13(16)9-12)19-10-11(2)3/h5,7,9,11H,4,6,8,10,16H2,1-3H3,(H,17,18). The molecule has 1 aromatic carbocycles. The molecule has 0 fully saturated rings. The second kappa shape index (κ2) is 7.67. The van der Waals surface area contributed by atoms with Gasteiger partial charge in [0.25, 0.3) is 0 Å². The largest absolute Gasteiger partial charge is 0.491 e. The second-order valence-corrected chi connectivity index (χ2v) is 5.03. The topological polar surface area (TPSA) is 64.3 Å². The molecule has 1 rings (SSSR count). The van der Waals surface area contributed by atoms with Crippen LogP contribution in [-0.4, -0.2) is 19.1 Å². The molecule has 0 unspecified atom stereocenters. The number of nitrogen functional groups attached to an aromatic ring is 1. The molecule has 0 aliphatic carbocycles. The number of carbonyl (C=O) groups is 1. The summed E-state index contributed by atoms with van der Waals surface area (Å²) in [6.45, 7) is 7.43. The molecular weight excluding hydrogens is 240 g/mol. The number of rotatable bonds is 7. The van der Waals surface area contributed by atoms with Gasteiger partial charge in [0.05, 0.1) is 12.3 Å².